The maximum atomic E-state index is 10.7. The number of hydrogen-bond acceptors (Lipinski definition) is 6. The van der Waals surface area contributed by atoms with E-state index >= 15 is 0 Å². The molecule has 1 N–H and O–H groups in total. The Balaban J connectivity index is 2.03. The summed E-state index contributed by atoms with van der Waals surface area (Å²) in [6, 6.07) is 13.2. The van der Waals surface area contributed by atoms with Gasteiger partial charge in [0.15, 0.2) is 11.5 Å². The Morgan fingerprint density at radius 3 is 2.64 bits per heavy atom. The molecule has 0 aliphatic rings. The Morgan fingerprint density at radius 1 is 1.20 bits per heavy atom. The van der Waals surface area contributed by atoms with Gasteiger partial charge in [0.05, 0.1) is 19.0 Å². The highest BCUT2D eigenvalue weighted by molar-refractivity contribution is 9.10. The van der Waals surface area contributed by atoms with Crippen molar-refractivity contribution < 1.29 is 19.0 Å². The van der Waals surface area contributed by atoms with Crippen molar-refractivity contribution in [1.29, 1.82) is 0 Å². The Morgan fingerprint density at radius 2 is 1.96 bits per heavy atom. The molecule has 0 atom stereocenters. The normalized spacial score (nSPS) is 10.5. The average molecular weight is 407 g/mol. The first-order valence-electron chi connectivity index (χ1n) is 7.58. The minimum Gasteiger partial charge on any atom is -0.493 e. The topological polar surface area (TPSA) is 69.2 Å². The van der Waals surface area contributed by atoms with Crippen LogP contribution in [0, 0.1) is 0 Å². The third-order valence-electron chi connectivity index (χ3n) is 3.10. The number of benzene rings is 2. The van der Waals surface area contributed by atoms with Crippen LogP contribution >= 0.6 is 15.9 Å². The Hall–Kier alpha value is -2.54. The molecule has 0 fully saturated rings. The molecule has 2 aromatic carbocycles. The molecule has 0 spiro atoms. The summed E-state index contributed by atoms with van der Waals surface area (Å²) in [5, 5.41) is 4.21. The standard InChI is InChI=1S/C18H19BrN2O4/c1-13(22)24-8-9-25-18-11-16(19)14(10-17(18)23-2)12-20-21-15-6-4-3-5-7-15/h3-7,10-12,21H,8-9H2,1-2H3. The minimum absolute atomic E-state index is 0.181. The molecule has 0 amide bonds. The summed E-state index contributed by atoms with van der Waals surface area (Å²) in [7, 11) is 1.56. The average Bonchev–Trinajstić information content (AvgIpc) is 2.61. The van der Waals surface area contributed by atoms with Crippen molar-refractivity contribution in [3.63, 3.8) is 0 Å². The van der Waals surface area contributed by atoms with Gasteiger partial charge >= 0.3 is 5.97 Å². The molecule has 6 nitrogen and oxygen atoms in total. The summed E-state index contributed by atoms with van der Waals surface area (Å²) >= 11 is 3.49. The molecule has 132 valence electrons. The largest absolute Gasteiger partial charge is 0.493 e. The van der Waals surface area contributed by atoms with Crippen LogP contribution in [0.15, 0.2) is 52.0 Å². The number of rotatable bonds is 8. The van der Waals surface area contributed by atoms with Crippen LogP contribution in [0.1, 0.15) is 12.5 Å². The third-order valence-corrected chi connectivity index (χ3v) is 3.79. The summed E-state index contributed by atoms with van der Waals surface area (Å²) in [6.45, 7) is 1.78. The van der Waals surface area contributed by atoms with Crippen LogP contribution in [-0.2, 0) is 9.53 Å². The van der Waals surface area contributed by atoms with Gasteiger partial charge in [-0.05, 0) is 40.2 Å². The first-order valence-corrected chi connectivity index (χ1v) is 8.37. The number of carbonyl (C=O) groups is 1. The molecule has 0 saturated heterocycles. The van der Waals surface area contributed by atoms with Crippen LogP contribution in [0.2, 0.25) is 0 Å². The van der Waals surface area contributed by atoms with E-state index in [9.17, 15) is 4.79 Å². The highest BCUT2D eigenvalue weighted by Gasteiger charge is 2.09. The van der Waals surface area contributed by atoms with E-state index in [0.717, 1.165) is 15.7 Å². The second-order valence-electron chi connectivity index (χ2n) is 4.95. The molecular formula is C18H19BrN2O4. The zero-order valence-corrected chi connectivity index (χ0v) is 15.6. The number of hydrogen-bond donors (Lipinski definition) is 1. The molecule has 0 aromatic heterocycles. The maximum Gasteiger partial charge on any atom is 0.302 e. The molecule has 0 unspecified atom stereocenters. The van der Waals surface area contributed by atoms with E-state index < -0.39 is 0 Å². The molecule has 7 heteroatoms. The van der Waals surface area contributed by atoms with Gasteiger partial charge in [0.25, 0.3) is 0 Å². The van der Waals surface area contributed by atoms with E-state index in [0.29, 0.717) is 11.5 Å². The van der Waals surface area contributed by atoms with Crippen LogP contribution < -0.4 is 14.9 Å². The molecule has 2 aromatic rings. The minimum atomic E-state index is -0.339. The number of anilines is 1. The highest BCUT2D eigenvalue weighted by Crippen LogP contribution is 2.32. The lowest BCUT2D eigenvalue weighted by atomic mass is 10.2. The van der Waals surface area contributed by atoms with E-state index in [-0.39, 0.29) is 19.2 Å². The van der Waals surface area contributed by atoms with Gasteiger partial charge in [-0.1, -0.05) is 18.2 Å². The van der Waals surface area contributed by atoms with E-state index in [1.165, 1.54) is 6.92 Å². The molecule has 0 aliphatic carbocycles. The molecule has 0 bridgehead atoms. The van der Waals surface area contributed by atoms with Crippen LogP contribution in [0.25, 0.3) is 0 Å². The van der Waals surface area contributed by atoms with Crippen molar-refractivity contribution in [2.75, 3.05) is 25.7 Å². The van der Waals surface area contributed by atoms with Crippen LogP contribution in [0.4, 0.5) is 5.69 Å². The summed E-state index contributed by atoms with van der Waals surface area (Å²) in [6.07, 6.45) is 1.68. The van der Waals surface area contributed by atoms with E-state index in [2.05, 4.69) is 26.5 Å². The molecular weight excluding hydrogens is 388 g/mol. The smallest absolute Gasteiger partial charge is 0.302 e. The molecule has 0 aliphatic heterocycles. The number of ether oxygens (including phenoxy) is 3. The van der Waals surface area contributed by atoms with Crippen molar-refractivity contribution in [1.82, 2.24) is 0 Å². The third kappa shape index (κ3) is 6.11. The zero-order chi connectivity index (χ0) is 18.1. The van der Waals surface area contributed by atoms with Crippen molar-refractivity contribution in [2.45, 2.75) is 6.92 Å². The molecule has 25 heavy (non-hydrogen) atoms. The van der Waals surface area contributed by atoms with Crippen molar-refractivity contribution in [3.8, 4) is 11.5 Å². The lowest BCUT2D eigenvalue weighted by Crippen LogP contribution is -2.10. The van der Waals surface area contributed by atoms with Crippen molar-refractivity contribution >= 4 is 33.8 Å². The Kier molecular flexibility index (Phi) is 7.28. The van der Waals surface area contributed by atoms with E-state index in [4.69, 9.17) is 14.2 Å². The molecule has 2 rings (SSSR count). The van der Waals surface area contributed by atoms with Gasteiger partial charge in [0.1, 0.15) is 13.2 Å². The summed E-state index contributed by atoms with van der Waals surface area (Å²) < 4.78 is 16.6. The van der Waals surface area contributed by atoms with Crippen LogP contribution in [-0.4, -0.2) is 32.5 Å². The van der Waals surface area contributed by atoms with Gasteiger partial charge in [-0.25, -0.2) is 0 Å². The lowest BCUT2D eigenvalue weighted by molar-refractivity contribution is -0.141. The van der Waals surface area contributed by atoms with Gasteiger partial charge in [0.2, 0.25) is 0 Å². The monoisotopic (exact) mass is 406 g/mol. The summed E-state index contributed by atoms with van der Waals surface area (Å²) in [4.78, 5) is 10.7. The van der Waals surface area contributed by atoms with Gasteiger partial charge in [0, 0.05) is 17.0 Å². The first kappa shape index (κ1) is 18.8. The molecule has 0 radical (unpaired) electrons. The fourth-order valence-electron chi connectivity index (χ4n) is 1.95. The number of halogens is 1. The predicted molar refractivity (Wildman–Crippen MR) is 100 cm³/mol. The number of nitrogens with zero attached hydrogens (tertiary/aromatic N) is 1. The quantitative estimate of drug-likeness (QED) is 0.312. The summed E-state index contributed by atoms with van der Waals surface area (Å²) in [5.41, 5.74) is 4.68. The van der Waals surface area contributed by atoms with Crippen molar-refractivity contribution in [3.05, 3.63) is 52.5 Å². The number of para-hydroxylation sites is 1. The fourth-order valence-corrected chi connectivity index (χ4v) is 2.37. The Bertz CT molecular complexity index is 735. The number of carbonyl (C=O) groups excluding carboxylic acids is 1. The van der Waals surface area contributed by atoms with Crippen molar-refractivity contribution in [2.24, 2.45) is 5.10 Å². The number of nitrogens with one attached hydrogen (secondary N) is 1. The van der Waals surface area contributed by atoms with Gasteiger partial charge in [-0.15, -0.1) is 0 Å². The number of esters is 1. The molecule has 0 saturated carbocycles. The SMILES string of the molecule is COc1cc(C=NNc2ccccc2)c(Br)cc1OCCOC(C)=O. The van der Waals surface area contributed by atoms with Gasteiger partial charge in [-0.2, -0.15) is 5.10 Å². The number of methoxy groups -OCH3 is 1. The Labute approximate surface area is 154 Å². The van der Waals surface area contributed by atoms with Gasteiger partial charge in [-0.3, -0.25) is 10.2 Å². The second kappa shape index (κ2) is 9.68. The lowest BCUT2D eigenvalue weighted by Gasteiger charge is -2.12. The zero-order valence-electron chi connectivity index (χ0n) is 14.0. The highest BCUT2D eigenvalue weighted by atomic mass is 79.9. The van der Waals surface area contributed by atoms with Crippen LogP contribution in [0.5, 0.6) is 11.5 Å². The fraction of sp³-hybridized carbons (Fsp3) is 0.222. The van der Waals surface area contributed by atoms with E-state index in [1.807, 2.05) is 30.3 Å². The van der Waals surface area contributed by atoms with Crippen LogP contribution in [0.3, 0.4) is 0 Å². The number of hydrazone groups is 1. The predicted octanol–water partition coefficient (Wildman–Crippen LogP) is 3.85. The molecule has 0 heterocycles. The second-order valence-corrected chi connectivity index (χ2v) is 5.80. The van der Waals surface area contributed by atoms with E-state index in [1.54, 1.807) is 25.5 Å². The first-order chi connectivity index (χ1) is 12.1. The van der Waals surface area contributed by atoms with Gasteiger partial charge < -0.3 is 14.2 Å². The maximum absolute atomic E-state index is 10.7. The summed E-state index contributed by atoms with van der Waals surface area (Å²) in [5.74, 6) is 0.774.